The first-order valence-electron chi connectivity index (χ1n) is 8.52. The number of amides is 1. The predicted molar refractivity (Wildman–Crippen MR) is 95.5 cm³/mol. The number of carbonyl (C=O) groups excluding carboxylic acids is 1. The number of rotatable bonds is 4. The van der Waals surface area contributed by atoms with Crippen LogP contribution in [0.3, 0.4) is 0 Å². The van der Waals surface area contributed by atoms with Gasteiger partial charge in [-0.05, 0) is 54.3 Å². The number of aromatic nitrogens is 3. The Morgan fingerprint density at radius 2 is 2.19 bits per heavy atom. The van der Waals surface area contributed by atoms with E-state index in [0.29, 0.717) is 25.4 Å². The fraction of sp³-hybridized carbons (Fsp3) is 0.263. The van der Waals surface area contributed by atoms with Crippen molar-refractivity contribution in [3.63, 3.8) is 0 Å². The molecule has 1 amide bonds. The molecule has 1 aliphatic rings. The first kappa shape index (κ1) is 16.3. The lowest BCUT2D eigenvalue weighted by Crippen LogP contribution is -2.36. The Balaban J connectivity index is 1.48. The third-order valence-electron chi connectivity index (χ3n) is 4.51. The summed E-state index contributed by atoms with van der Waals surface area (Å²) in [6, 6.07) is 7.25. The van der Waals surface area contributed by atoms with Crippen LogP contribution in [0, 0.1) is 6.92 Å². The highest BCUT2D eigenvalue weighted by atomic mass is 16.3. The average molecular weight is 349 g/mol. The van der Waals surface area contributed by atoms with Gasteiger partial charge in [0.15, 0.2) is 5.76 Å². The van der Waals surface area contributed by atoms with Gasteiger partial charge in [-0.25, -0.2) is 0 Å². The van der Waals surface area contributed by atoms with Gasteiger partial charge in [0.05, 0.1) is 12.0 Å². The van der Waals surface area contributed by atoms with Gasteiger partial charge in [0.25, 0.3) is 5.91 Å². The van der Waals surface area contributed by atoms with Crippen LogP contribution in [-0.2, 0) is 19.5 Å². The van der Waals surface area contributed by atoms with Gasteiger partial charge in [-0.15, -0.1) is 5.10 Å². The van der Waals surface area contributed by atoms with Crippen molar-refractivity contribution in [2.24, 2.45) is 0 Å². The van der Waals surface area contributed by atoms with Gasteiger partial charge < -0.3 is 14.6 Å². The Hall–Kier alpha value is -3.22. The van der Waals surface area contributed by atoms with E-state index in [2.05, 4.69) is 20.5 Å². The minimum atomic E-state index is -0.0842. The molecule has 0 aromatic carbocycles. The number of hydrogen-bond acceptors (Lipinski definition) is 6. The van der Waals surface area contributed by atoms with E-state index in [9.17, 15) is 4.79 Å². The number of nitrogens with one attached hydrogen (secondary N) is 1. The van der Waals surface area contributed by atoms with Gasteiger partial charge in [0.1, 0.15) is 5.82 Å². The van der Waals surface area contributed by atoms with E-state index < -0.39 is 0 Å². The standard InChI is InChI=1S/C19H19N5O2/c1-13-4-5-18(23-22-13)21-11-14-9-20-10-15-12-24(7-6-16(14)15)19(25)17-3-2-8-26-17/h2-5,8-10H,6-7,11-12H2,1H3,(H,21,23). The third kappa shape index (κ3) is 3.28. The molecule has 0 radical (unpaired) electrons. The maximum Gasteiger partial charge on any atom is 0.289 e. The number of nitrogens with zero attached hydrogens (tertiary/aromatic N) is 4. The SMILES string of the molecule is Cc1ccc(NCc2cncc3c2CCN(C(=O)c2ccco2)C3)nn1. The lowest BCUT2D eigenvalue weighted by Gasteiger charge is -2.29. The molecule has 26 heavy (non-hydrogen) atoms. The summed E-state index contributed by atoms with van der Waals surface area (Å²) in [7, 11) is 0. The van der Waals surface area contributed by atoms with Crippen molar-refractivity contribution in [2.75, 3.05) is 11.9 Å². The molecule has 1 aliphatic heterocycles. The fourth-order valence-electron chi connectivity index (χ4n) is 3.13. The zero-order chi connectivity index (χ0) is 17.9. The first-order valence-corrected chi connectivity index (χ1v) is 8.52. The second-order valence-electron chi connectivity index (χ2n) is 6.30. The maximum atomic E-state index is 12.5. The van der Waals surface area contributed by atoms with E-state index in [1.165, 1.54) is 11.8 Å². The highest BCUT2D eigenvalue weighted by Crippen LogP contribution is 2.23. The lowest BCUT2D eigenvalue weighted by molar-refractivity contribution is 0.0702. The molecule has 0 atom stereocenters. The zero-order valence-electron chi connectivity index (χ0n) is 14.5. The molecule has 0 aliphatic carbocycles. The van der Waals surface area contributed by atoms with Crippen molar-refractivity contribution in [3.05, 3.63) is 71.1 Å². The zero-order valence-corrected chi connectivity index (χ0v) is 14.5. The van der Waals surface area contributed by atoms with E-state index in [1.807, 2.05) is 31.5 Å². The van der Waals surface area contributed by atoms with Crippen molar-refractivity contribution in [2.45, 2.75) is 26.4 Å². The Morgan fingerprint density at radius 1 is 1.27 bits per heavy atom. The molecule has 0 saturated carbocycles. The van der Waals surface area contributed by atoms with Crippen LogP contribution in [0.15, 0.2) is 47.3 Å². The topological polar surface area (TPSA) is 84.2 Å². The molecular formula is C19H19N5O2. The average Bonchev–Trinajstić information content (AvgIpc) is 3.21. The summed E-state index contributed by atoms with van der Waals surface area (Å²) in [6.07, 6.45) is 6.02. The second-order valence-corrected chi connectivity index (χ2v) is 6.30. The summed E-state index contributed by atoms with van der Waals surface area (Å²) in [4.78, 5) is 18.6. The summed E-state index contributed by atoms with van der Waals surface area (Å²) in [5, 5.41) is 11.5. The largest absolute Gasteiger partial charge is 0.459 e. The summed E-state index contributed by atoms with van der Waals surface area (Å²) < 4.78 is 5.23. The minimum absolute atomic E-state index is 0.0842. The van der Waals surface area contributed by atoms with Crippen LogP contribution in [0.1, 0.15) is 32.9 Å². The fourth-order valence-corrected chi connectivity index (χ4v) is 3.13. The second kappa shape index (κ2) is 6.95. The van der Waals surface area contributed by atoms with E-state index in [1.54, 1.807) is 17.0 Å². The summed E-state index contributed by atoms with van der Waals surface area (Å²) >= 11 is 0. The number of furan rings is 1. The number of pyridine rings is 1. The summed E-state index contributed by atoms with van der Waals surface area (Å²) in [5.74, 6) is 1.02. The Bertz CT molecular complexity index is 906. The number of anilines is 1. The van der Waals surface area contributed by atoms with Crippen LogP contribution in [-0.4, -0.2) is 32.5 Å². The van der Waals surface area contributed by atoms with E-state index in [0.717, 1.165) is 29.1 Å². The Kier molecular flexibility index (Phi) is 4.35. The first-order chi connectivity index (χ1) is 12.7. The van der Waals surface area contributed by atoms with Gasteiger partial charge >= 0.3 is 0 Å². The molecule has 0 saturated heterocycles. The molecule has 1 N–H and O–H groups in total. The Morgan fingerprint density at radius 3 is 2.96 bits per heavy atom. The smallest absolute Gasteiger partial charge is 0.289 e. The van der Waals surface area contributed by atoms with Gasteiger partial charge in [-0.2, -0.15) is 5.10 Å². The third-order valence-corrected chi connectivity index (χ3v) is 4.51. The monoisotopic (exact) mass is 349 g/mol. The number of hydrogen-bond donors (Lipinski definition) is 1. The highest BCUT2D eigenvalue weighted by molar-refractivity contribution is 5.91. The van der Waals surface area contributed by atoms with Crippen LogP contribution in [0.25, 0.3) is 0 Å². The number of aryl methyl sites for hydroxylation is 1. The molecule has 3 aromatic rings. The molecule has 0 bridgehead atoms. The van der Waals surface area contributed by atoms with Crippen molar-refractivity contribution in [3.8, 4) is 0 Å². The van der Waals surface area contributed by atoms with Crippen molar-refractivity contribution >= 4 is 11.7 Å². The van der Waals surface area contributed by atoms with E-state index in [4.69, 9.17) is 4.42 Å². The molecule has 0 fully saturated rings. The molecule has 0 spiro atoms. The molecule has 4 heterocycles. The van der Waals surface area contributed by atoms with Crippen LogP contribution in [0.4, 0.5) is 5.82 Å². The summed E-state index contributed by atoms with van der Waals surface area (Å²) in [6.45, 7) is 3.73. The quantitative estimate of drug-likeness (QED) is 0.779. The molecular weight excluding hydrogens is 330 g/mol. The molecule has 4 rings (SSSR count). The van der Waals surface area contributed by atoms with Gasteiger partial charge in [0.2, 0.25) is 0 Å². The minimum Gasteiger partial charge on any atom is -0.459 e. The lowest BCUT2D eigenvalue weighted by atomic mass is 9.97. The number of fused-ring (bicyclic) bond motifs is 1. The van der Waals surface area contributed by atoms with E-state index in [-0.39, 0.29) is 5.91 Å². The van der Waals surface area contributed by atoms with Crippen LogP contribution in [0.5, 0.6) is 0 Å². The molecule has 0 unspecified atom stereocenters. The molecule has 7 nitrogen and oxygen atoms in total. The summed E-state index contributed by atoms with van der Waals surface area (Å²) in [5.41, 5.74) is 4.33. The Labute approximate surface area is 151 Å². The van der Waals surface area contributed by atoms with E-state index >= 15 is 0 Å². The van der Waals surface area contributed by atoms with Gasteiger partial charge in [-0.1, -0.05) is 0 Å². The molecule has 7 heteroatoms. The normalized spacial score (nSPS) is 13.3. The molecule has 3 aromatic heterocycles. The maximum absolute atomic E-state index is 12.5. The number of carbonyl (C=O) groups is 1. The predicted octanol–water partition coefficient (Wildman–Crippen LogP) is 2.58. The van der Waals surface area contributed by atoms with Crippen LogP contribution >= 0.6 is 0 Å². The highest BCUT2D eigenvalue weighted by Gasteiger charge is 2.25. The van der Waals surface area contributed by atoms with Crippen molar-refractivity contribution in [1.29, 1.82) is 0 Å². The van der Waals surface area contributed by atoms with Gasteiger partial charge in [-0.3, -0.25) is 9.78 Å². The van der Waals surface area contributed by atoms with Crippen LogP contribution in [0.2, 0.25) is 0 Å². The molecule has 132 valence electrons. The van der Waals surface area contributed by atoms with Crippen LogP contribution < -0.4 is 5.32 Å². The van der Waals surface area contributed by atoms with Crippen molar-refractivity contribution < 1.29 is 9.21 Å². The van der Waals surface area contributed by atoms with Crippen molar-refractivity contribution in [1.82, 2.24) is 20.1 Å². The van der Waals surface area contributed by atoms with Gasteiger partial charge in [0, 0.05) is 32.0 Å².